The number of rotatable bonds is 6. The highest BCUT2D eigenvalue weighted by Crippen LogP contribution is 2.04. The molecular weight excluding hydrogens is 270 g/mol. The zero-order valence-corrected chi connectivity index (χ0v) is 11.4. The van der Waals surface area contributed by atoms with Gasteiger partial charge in [0.1, 0.15) is 12.0 Å². The van der Waals surface area contributed by atoms with Crippen LogP contribution in [0, 0.1) is 0 Å². The van der Waals surface area contributed by atoms with Gasteiger partial charge < -0.3 is 9.72 Å². The highest BCUT2D eigenvalue weighted by molar-refractivity contribution is 5.75. The predicted molar refractivity (Wildman–Crippen MR) is 74.3 cm³/mol. The van der Waals surface area contributed by atoms with Crippen molar-refractivity contribution in [2.75, 3.05) is 6.54 Å². The number of amides is 1. The molecule has 0 spiro atoms. The molecule has 0 saturated carbocycles. The third-order valence-corrected chi connectivity index (χ3v) is 3.08. The molecule has 1 amide bonds. The second-order valence-electron chi connectivity index (χ2n) is 4.62. The molecule has 0 fully saturated rings. The molecule has 108 valence electrons. The van der Waals surface area contributed by atoms with Crippen LogP contribution in [0.4, 0.5) is 0 Å². The van der Waals surface area contributed by atoms with Gasteiger partial charge in [0.05, 0.1) is 12.2 Å². The van der Waals surface area contributed by atoms with Crippen molar-refractivity contribution in [3.63, 3.8) is 0 Å². The summed E-state index contributed by atoms with van der Waals surface area (Å²) in [5.74, 6) is -0.0192. The summed E-state index contributed by atoms with van der Waals surface area (Å²) in [6.07, 6.45) is 6.48. The van der Waals surface area contributed by atoms with Crippen molar-refractivity contribution in [1.29, 1.82) is 0 Å². The van der Waals surface area contributed by atoms with Crippen molar-refractivity contribution in [1.82, 2.24) is 34.9 Å². The third kappa shape index (κ3) is 3.41. The molecular formula is C13H15N7O. The number of tetrazole rings is 1. The summed E-state index contributed by atoms with van der Waals surface area (Å²) in [4.78, 5) is 16.2. The first-order valence-electron chi connectivity index (χ1n) is 6.71. The Hall–Kier alpha value is -2.77. The maximum atomic E-state index is 11.7. The lowest BCUT2D eigenvalue weighted by Gasteiger charge is -2.03. The van der Waals surface area contributed by atoms with Crippen LogP contribution in [-0.4, -0.2) is 42.0 Å². The van der Waals surface area contributed by atoms with E-state index >= 15 is 0 Å². The van der Waals surface area contributed by atoms with Crippen LogP contribution >= 0.6 is 0 Å². The SMILES string of the molecule is O=C(CCn1cnnn1)NCCc1cn2ccccc2n1. The number of pyridine rings is 1. The number of imidazole rings is 1. The third-order valence-electron chi connectivity index (χ3n) is 3.08. The Morgan fingerprint density at radius 2 is 2.29 bits per heavy atom. The first-order valence-corrected chi connectivity index (χ1v) is 6.71. The summed E-state index contributed by atoms with van der Waals surface area (Å²) in [6.45, 7) is 1.05. The molecule has 8 nitrogen and oxygen atoms in total. The Balaban J connectivity index is 1.44. The predicted octanol–water partition coefficient (Wildman–Crippen LogP) is 0.0698. The molecule has 0 saturated heterocycles. The van der Waals surface area contributed by atoms with Gasteiger partial charge in [-0.2, -0.15) is 0 Å². The first-order chi connectivity index (χ1) is 10.3. The molecule has 3 rings (SSSR count). The summed E-state index contributed by atoms with van der Waals surface area (Å²) in [5.41, 5.74) is 1.87. The quantitative estimate of drug-likeness (QED) is 0.692. The number of carbonyl (C=O) groups excluding carboxylic acids is 1. The van der Waals surface area contributed by atoms with Gasteiger partial charge in [-0.3, -0.25) is 4.79 Å². The molecule has 21 heavy (non-hydrogen) atoms. The average molecular weight is 285 g/mol. The lowest BCUT2D eigenvalue weighted by molar-refractivity contribution is -0.121. The van der Waals surface area contributed by atoms with E-state index in [4.69, 9.17) is 0 Å². The van der Waals surface area contributed by atoms with Crippen LogP contribution in [-0.2, 0) is 17.8 Å². The Morgan fingerprint density at radius 1 is 1.33 bits per heavy atom. The van der Waals surface area contributed by atoms with Gasteiger partial charge in [0.15, 0.2) is 0 Å². The van der Waals surface area contributed by atoms with Crippen molar-refractivity contribution >= 4 is 11.6 Å². The Labute approximate surface area is 120 Å². The van der Waals surface area contributed by atoms with E-state index in [2.05, 4.69) is 25.8 Å². The van der Waals surface area contributed by atoms with Gasteiger partial charge >= 0.3 is 0 Å². The summed E-state index contributed by atoms with van der Waals surface area (Å²) < 4.78 is 3.50. The fourth-order valence-corrected chi connectivity index (χ4v) is 2.02. The lowest BCUT2D eigenvalue weighted by Crippen LogP contribution is -2.26. The molecule has 3 aromatic rings. The van der Waals surface area contributed by atoms with Crippen LogP contribution in [0.2, 0.25) is 0 Å². The van der Waals surface area contributed by atoms with Crippen LogP contribution in [0.5, 0.6) is 0 Å². The van der Waals surface area contributed by atoms with Crippen molar-refractivity contribution in [3.05, 3.63) is 42.6 Å². The van der Waals surface area contributed by atoms with Crippen LogP contribution < -0.4 is 5.32 Å². The standard InChI is InChI=1S/C13H15N7O/c21-13(5-8-20-10-15-17-18-20)14-6-4-11-9-19-7-2-1-3-12(19)16-11/h1-3,7,9-10H,4-6,8H2,(H,14,21). The number of carbonyl (C=O) groups is 1. The second kappa shape index (κ2) is 6.12. The molecule has 0 radical (unpaired) electrons. The average Bonchev–Trinajstić information content (AvgIpc) is 3.14. The van der Waals surface area contributed by atoms with E-state index in [-0.39, 0.29) is 5.91 Å². The number of hydrogen-bond donors (Lipinski definition) is 1. The summed E-state index contributed by atoms with van der Waals surface area (Å²) >= 11 is 0. The minimum Gasteiger partial charge on any atom is -0.356 e. The van der Waals surface area contributed by atoms with Gasteiger partial charge in [-0.05, 0) is 22.6 Å². The fraction of sp³-hybridized carbons (Fsp3) is 0.308. The van der Waals surface area contributed by atoms with E-state index in [0.29, 0.717) is 25.9 Å². The summed E-state index contributed by atoms with van der Waals surface area (Å²) in [5, 5.41) is 13.6. The van der Waals surface area contributed by atoms with Crippen molar-refractivity contribution < 1.29 is 4.79 Å². The molecule has 3 heterocycles. The number of fused-ring (bicyclic) bond motifs is 1. The zero-order chi connectivity index (χ0) is 14.5. The lowest BCUT2D eigenvalue weighted by atomic mass is 10.3. The molecule has 8 heteroatoms. The molecule has 1 N–H and O–H groups in total. The molecule has 0 aliphatic heterocycles. The fourth-order valence-electron chi connectivity index (χ4n) is 2.02. The minimum absolute atomic E-state index is 0.0192. The van der Waals surface area contributed by atoms with Crippen LogP contribution in [0.1, 0.15) is 12.1 Å². The molecule has 0 atom stereocenters. The van der Waals surface area contributed by atoms with Gasteiger partial charge in [0.25, 0.3) is 0 Å². The van der Waals surface area contributed by atoms with E-state index in [0.717, 1.165) is 11.3 Å². The minimum atomic E-state index is -0.0192. The van der Waals surface area contributed by atoms with E-state index in [1.807, 2.05) is 35.0 Å². The van der Waals surface area contributed by atoms with Gasteiger partial charge in [-0.1, -0.05) is 6.07 Å². The summed E-state index contributed by atoms with van der Waals surface area (Å²) in [6, 6.07) is 5.86. The van der Waals surface area contributed by atoms with Crippen LogP contribution in [0.15, 0.2) is 36.9 Å². The van der Waals surface area contributed by atoms with E-state index < -0.39 is 0 Å². The topological polar surface area (TPSA) is 90.0 Å². The molecule has 0 bridgehead atoms. The number of aryl methyl sites for hydroxylation is 1. The molecule has 0 aliphatic carbocycles. The van der Waals surface area contributed by atoms with Gasteiger partial charge in [-0.15, -0.1) is 5.10 Å². The van der Waals surface area contributed by atoms with Crippen molar-refractivity contribution in [3.8, 4) is 0 Å². The van der Waals surface area contributed by atoms with E-state index in [1.54, 1.807) is 0 Å². The van der Waals surface area contributed by atoms with E-state index in [1.165, 1.54) is 11.0 Å². The van der Waals surface area contributed by atoms with Gasteiger partial charge in [0, 0.05) is 31.8 Å². The van der Waals surface area contributed by atoms with Crippen LogP contribution in [0.3, 0.4) is 0 Å². The molecule has 0 aliphatic rings. The molecule has 0 aromatic carbocycles. The largest absolute Gasteiger partial charge is 0.356 e. The highest BCUT2D eigenvalue weighted by atomic mass is 16.1. The van der Waals surface area contributed by atoms with Crippen molar-refractivity contribution in [2.24, 2.45) is 0 Å². The second-order valence-corrected chi connectivity index (χ2v) is 4.62. The molecule has 3 aromatic heterocycles. The maximum absolute atomic E-state index is 11.7. The van der Waals surface area contributed by atoms with Crippen molar-refractivity contribution in [2.45, 2.75) is 19.4 Å². The maximum Gasteiger partial charge on any atom is 0.221 e. The number of aromatic nitrogens is 6. The first kappa shape index (κ1) is 13.2. The highest BCUT2D eigenvalue weighted by Gasteiger charge is 2.04. The van der Waals surface area contributed by atoms with E-state index in [9.17, 15) is 4.79 Å². The Morgan fingerprint density at radius 3 is 3.10 bits per heavy atom. The van der Waals surface area contributed by atoms with Gasteiger partial charge in [-0.25, -0.2) is 9.67 Å². The normalized spacial score (nSPS) is 10.9. The Kier molecular flexibility index (Phi) is 3.85. The van der Waals surface area contributed by atoms with Crippen LogP contribution in [0.25, 0.3) is 5.65 Å². The smallest absolute Gasteiger partial charge is 0.221 e. The zero-order valence-electron chi connectivity index (χ0n) is 11.4. The number of hydrogen-bond acceptors (Lipinski definition) is 5. The van der Waals surface area contributed by atoms with Gasteiger partial charge in [0.2, 0.25) is 5.91 Å². The monoisotopic (exact) mass is 285 g/mol. The Bertz CT molecular complexity index is 686. The summed E-state index contributed by atoms with van der Waals surface area (Å²) in [7, 11) is 0. The molecule has 0 unspecified atom stereocenters. The number of nitrogens with one attached hydrogen (secondary N) is 1. The number of nitrogens with zero attached hydrogens (tertiary/aromatic N) is 6.